The molecule has 8 aromatic rings. The number of aliphatic hydroxyl groups is 6. The van der Waals surface area contributed by atoms with E-state index in [2.05, 4.69) is 47.9 Å². The zero-order chi connectivity index (χ0) is 88.2. The Morgan fingerprint density at radius 1 is 0.642 bits per heavy atom. The number of primary amides is 1. The van der Waals surface area contributed by atoms with E-state index < -0.39 is 226 Å². The number of nitrogens with one attached hydrogen (secondary N) is 9. The van der Waals surface area contributed by atoms with Gasteiger partial charge in [0.1, 0.15) is 101 Å². The Kier molecular flexibility index (Phi) is 27.5. The van der Waals surface area contributed by atoms with E-state index in [4.69, 9.17) is 62.1 Å². The third-order valence-corrected chi connectivity index (χ3v) is 22.7. The first kappa shape index (κ1) is 89.0. The van der Waals surface area contributed by atoms with Gasteiger partial charge in [0.25, 0.3) is 0 Å². The standard InChI is InChI=1S/C87H94Cl2N10O24/c1-39(2)26-55(91-5)79(110)98-70-72(105)46-19-24-59(53(88)28-46)119-61-30-48-31-62(76(61)123-86-77(75(108)74(107)63(38-100)121-86)122-65-35-87(4,78(109)40(3)118-65)93-37-42-12-16-44(17-13-42)43-10-8-7-9-11-43)120-60-25-20-47(29-54(60)89)73(106)71-85(116)97-69(81(112)92-36-41-14-21-50(117-6)22-15-41)52-32-49(101)33-58(103)66(52)51-27-45(18-23-57(51)102)67(82(113)99-71)96-83(114)68(48)95-80(111)56(34-64(90)104)94-84(70)115/h7-25,27-33,39-40,55-56,63,65,67-75,77-78,86,91,93,100-103,105-109H,26,34-38H2,1-6H3,(H2,90,104)(H,92,112)(H,94,115)(H,95,111)(H,96,114)(H,97,116)(H,98,110)(H,99,113)/t40-,55+,56-,63+,65-,67+,68+,69-,70+,71-,72+,73+,74+,75-,77+,78-,86-,87-/m0/s1. The fraction of sp³-hybridized carbons (Fsp3) is 0.356. The van der Waals surface area contributed by atoms with Crippen molar-refractivity contribution in [3.8, 4) is 74.0 Å². The van der Waals surface area contributed by atoms with Gasteiger partial charge in [-0.3, -0.25) is 38.4 Å². The minimum absolute atomic E-state index is 0.106. The monoisotopic (exact) mass is 1730 g/mol. The fourth-order valence-electron chi connectivity index (χ4n) is 15.4. The number of fused-ring (bicyclic) bond motifs is 15. The molecule has 0 aliphatic carbocycles. The van der Waals surface area contributed by atoms with Crippen LogP contribution in [0.1, 0.15) is 116 Å². The predicted octanol–water partition coefficient (Wildman–Crippen LogP) is 4.84. The van der Waals surface area contributed by atoms with Gasteiger partial charge in [-0.15, -0.1) is 0 Å². The van der Waals surface area contributed by atoms with Crippen LogP contribution in [0.15, 0.2) is 158 Å². The maximum atomic E-state index is 16.4. The highest BCUT2D eigenvalue weighted by atomic mass is 35.5. The molecule has 123 heavy (non-hydrogen) atoms. The topological polar surface area (TPSA) is 518 Å². The molecular formula is C87H94Cl2N10O24. The Balaban J connectivity index is 0.982. The molecule has 18 atom stereocenters. The highest BCUT2D eigenvalue weighted by Gasteiger charge is 2.52. The first-order valence-corrected chi connectivity index (χ1v) is 40.2. The molecule has 650 valence electrons. The van der Waals surface area contributed by atoms with Gasteiger partial charge in [0.05, 0.1) is 48.4 Å². The van der Waals surface area contributed by atoms with Gasteiger partial charge in [-0.2, -0.15) is 0 Å². The maximum Gasteiger partial charge on any atom is 0.248 e. The van der Waals surface area contributed by atoms with Gasteiger partial charge in [0.15, 0.2) is 23.9 Å². The first-order valence-electron chi connectivity index (χ1n) is 39.4. The Morgan fingerprint density at radius 2 is 1.25 bits per heavy atom. The fourth-order valence-corrected chi connectivity index (χ4v) is 15.9. The number of phenolic OH excluding ortho intramolecular Hbond substituents is 3. The van der Waals surface area contributed by atoms with Crippen LogP contribution in [-0.4, -0.2) is 193 Å². The highest BCUT2D eigenvalue weighted by Crippen LogP contribution is 2.50. The number of amides is 8. The van der Waals surface area contributed by atoms with E-state index in [0.717, 1.165) is 71.3 Å². The molecule has 7 heterocycles. The van der Waals surface area contributed by atoms with Gasteiger partial charge in [-0.05, 0) is 150 Å². The van der Waals surface area contributed by atoms with E-state index in [0.29, 0.717) is 11.3 Å². The SMILES string of the molecule is CN[C@H](CC(C)C)C(=O)N[C@H]1C(=O)N[C@@H](CC(N)=O)C(=O)N[C@H]2C(=O)N[C@H]3C(=O)N[C@H](C(=O)N[C@H](C(=O)NCc4ccc(OC)cc4)c4cc(O)cc(O)c4-c4cc3ccc4O)[C@H](O)c3ccc(c(Cl)c3)Oc3cc2cc(c3O[C@@H]2O[C@H](CO)[C@@H](O)[C@H](O)[C@H]2O[C@H]2C[C@](C)(NCc3ccc(-c4ccccc4)cc3)[C@@H](O)[C@H](C)O2)Oc2ccc(cc2Cl)[C@H]1O. The van der Waals surface area contributed by atoms with Crippen LogP contribution in [-0.2, 0) is 65.7 Å². The minimum atomic E-state index is -2.36. The number of methoxy groups -OCH3 is 1. The van der Waals surface area contributed by atoms with E-state index >= 15 is 24.0 Å². The number of likely N-dealkylation sites (N-methyl/N-ethyl adjacent to an activating group) is 1. The molecule has 20 N–H and O–H groups in total. The molecule has 2 saturated heterocycles. The number of ether oxygens (including phenoxy) is 7. The number of hydrogen-bond acceptors (Lipinski definition) is 26. The zero-order valence-electron chi connectivity index (χ0n) is 67.1. The van der Waals surface area contributed by atoms with Gasteiger partial charge >= 0.3 is 0 Å². The highest BCUT2D eigenvalue weighted by molar-refractivity contribution is 6.32. The molecule has 0 unspecified atom stereocenters. The number of benzene rings is 8. The molecule has 8 aromatic carbocycles. The van der Waals surface area contributed by atoms with Crippen molar-refractivity contribution in [2.45, 2.75) is 169 Å². The largest absolute Gasteiger partial charge is 0.508 e. The number of nitrogens with two attached hydrogens (primary N) is 1. The Morgan fingerprint density at radius 3 is 1.88 bits per heavy atom. The summed E-state index contributed by atoms with van der Waals surface area (Å²) in [5, 5.41) is 131. The smallest absolute Gasteiger partial charge is 0.248 e. The van der Waals surface area contributed by atoms with E-state index in [9.17, 15) is 60.3 Å². The lowest BCUT2D eigenvalue weighted by Crippen LogP contribution is -2.65. The van der Waals surface area contributed by atoms with Crippen LogP contribution in [0.3, 0.4) is 0 Å². The van der Waals surface area contributed by atoms with E-state index in [-0.39, 0.29) is 70.6 Å². The van der Waals surface area contributed by atoms with Gasteiger partial charge in [-0.1, -0.05) is 122 Å². The lowest BCUT2D eigenvalue weighted by atomic mass is 9.84. The summed E-state index contributed by atoms with van der Waals surface area (Å²) < 4.78 is 45.1. The molecule has 11 bridgehead atoms. The van der Waals surface area contributed by atoms with Crippen LogP contribution in [0.5, 0.6) is 51.7 Å². The van der Waals surface area contributed by atoms with Crippen molar-refractivity contribution < 1.29 is 117 Å². The third-order valence-electron chi connectivity index (χ3n) is 22.1. The number of phenols is 3. The van der Waals surface area contributed by atoms with Crippen molar-refractivity contribution in [2.24, 2.45) is 11.7 Å². The van der Waals surface area contributed by atoms with Gasteiger partial charge < -0.3 is 133 Å². The summed E-state index contributed by atoms with van der Waals surface area (Å²) in [6, 6.07) is 24.3. The Hall–Kier alpha value is -11.7. The van der Waals surface area contributed by atoms with Crippen LogP contribution >= 0.6 is 23.2 Å². The second-order valence-corrected chi connectivity index (χ2v) is 32.1. The summed E-state index contributed by atoms with van der Waals surface area (Å²) in [6.45, 7) is 6.01. The molecule has 7 aliphatic heterocycles. The minimum Gasteiger partial charge on any atom is -0.508 e. The number of halogens is 2. The summed E-state index contributed by atoms with van der Waals surface area (Å²) in [5.74, 6) is -14.3. The average Bonchev–Trinajstić information content (AvgIpc) is 0.761. The molecule has 36 heteroatoms. The maximum absolute atomic E-state index is 16.4. The number of hydrogen-bond donors (Lipinski definition) is 19. The second kappa shape index (κ2) is 37.9. The second-order valence-electron chi connectivity index (χ2n) is 31.3. The quantitative estimate of drug-likeness (QED) is 0.0485. The molecule has 0 spiro atoms. The van der Waals surface area contributed by atoms with Crippen LogP contribution in [0.4, 0.5) is 0 Å². The predicted molar refractivity (Wildman–Crippen MR) is 441 cm³/mol. The molecule has 34 nitrogen and oxygen atoms in total. The van der Waals surface area contributed by atoms with Gasteiger partial charge in [0, 0.05) is 42.2 Å². The van der Waals surface area contributed by atoms with Gasteiger partial charge in [0.2, 0.25) is 59.3 Å². The van der Waals surface area contributed by atoms with E-state index in [1.165, 1.54) is 38.4 Å². The summed E-state index contributed by atoms with van der Waals surface area (Å²) >= 11 is 14.5. The van der Waals surface area contributed by atoms with Crippen LogP contribution in [0.25, 0.3) is 22.3 Å². The molecule has 15 rings (SSSR count). The first-order chi connectivity index (χ1) is 58.7. The van der Waals surface area contributed by atoms with Crippen LogP contribution in [0.2, 0.25) is 10.0 Å². The third kappa shape index (κ3) is 19.8. The van der Waals surface area contributed by atoms with Crippen molar-refractivity contribution in [3.63, 3.8) is 0 Å². The van der Waals surface area contributed by atoms with Crippen LogP contribution in [0, 0.1) is 5.92 Å². The van der Waals surface area contributed by atoms with Crippen LogP contribution < -0.4 is 72.5 Å². The van der Waals surface area contributed by atoms with Crippen molar-refractivity contribution in [2.75, 3.05) is 20.8 Å². The summed E-state index contributed by atoms with van der Waals surface area (Å²) in [7, 11) is 2.94. The van der Waals surface area contributed by atoms with Crippen molar-refractivity contribution in [3.05, 3.63) is 207 Å². The van der Waals surface area contributed by atoms with Crippen molar-refractivity contribution >= 4 is 70.5 Å². The summed E-state index contributed by atoms with van der Waals surface area (Å²) in [6.07, 6.45) is -18.5. The molecule has 0 aromatic heterocycles. The lowest BCUT2D eigenvalue weighted by molar-refractivity contribution is -0.334. The number of carbonyl (C=O) groups excluding carboxylic acids is 8. The molecule has 2 fully saturated rings. The zero-order valence-corrected chi connectivity index (χ0v) is 68.6. The van der Waals surface area contributed by atoms with Crippen molar-refractivity contribution in [1.82, 2.24) is 47.9 Å². The summed E-state index contributed by atoms with van der Waals surface area (Å²) in [4.78, 5) is 121. The van der Waals surface area contributed by atoms with E-state index in [1.807, 2.05) is 68.4 Å². The van der Waals surface area contributed by atoms with E-state index in [1.54, 1.807) is 38.1 Å². The van der Waals surface area contributed by atoms with Gasteiger partial charge in [-0.25, -0.2) is 0 Å². The molecule has 8 amide bonds. The molecule has 7 aliphatic rings. The number of carbonyl (C=O) groups is 8. The Bertz CT molecular complexity index is 5290. The number of aliphatic hydroxyl groups excluding tert-OH is 6. The molecule has 0 saturated carbocycles. The normalized spacial score (nSPS) is 26.2. The Labute approximate surface area is 714 Å². The molecule has 0 radical (unpaired) electrons. The molecular weight excluding hydrogens is 1640 g/mol. The average molecular weight is 1730 g/mol. The number of rotatable bonds is 20. The summed E-state index contributed by atoms with van der Waals surface area (Å²) in [5.41, 5.74) is 5.54. The number of aromatic hydroxyl groups is 3. The lowest BCUT2D eigenvalue weighted by Gasteiger charge is -2.48. The van der Waals surface area contributed by atoms with Crippen molar-refractivity contribution in [1.29, 1.82) is 0 Å².